The lowest BCUT2D eigenvalue weighted by Crippen LogP contribution is -2.50. The van der Waals surface area contributed by atoms with Crippen molar-refractivity contribution in [2.75, 3.05) is 13.7 Å². The summed E-state index contributed by atoms with van der Waals surface area (Å²) in [6.07, 6.45) is 8.29. The van der Waals surface area contributed by atoms with Gasteiger partial charge in [0.1, 0.15) is 5.92 Å². The van der Waals surface area contributed by atoms with Crippen molar-refractivity contribution in [3.63, 3.8) is 0 Å². The second kappa shape index (κ2) is 8.93. The number of Topliss-reactive ketones (excluding diaryl/α,β-unsaturated/α-hetero) is 1. The van der Waals surface area contributed by atoms with E-state index in [1.165, 1.54) is 20.0 Å². The van der Waals surface area contributed by atoms with Crippen LogP contribution in [0.3, 0.4) is 0 Å². The Morgan fingerprint density at radius 2 is 1.97 bits per heavy atom. The fraction of sp³-hybridized carbons (Fsp3) is 0.680. The minimum absolute atomic E-state index is 0.115. The normalized spacial score (nSPS) is 37.4. The maximum Gasteiger partial charge on any atom is 0.328 e. The van der Waals surface area contributed by atoms with Gasteiger partial charge in [-0.15, -0.1) is 0 Å². The number of hydrogen-bond donors (Lipinski definition) is 2. The van der Waals surface area contributed by atoms with E-state index in [0.29, 0.717) is 5.92 Å². The summed E-state index contributed by atoms with van der Waals surface area (Å²) >= 11 is 0. The van der Waals surface area contributed by atoms with Crippen molar-refractivity contribution < 1.29 is 29.4 Å². The quantitative estimate of drug-likeness (QED) is 0.369. The summed E-state index contributed by atoms with van der Waals surface area (Å²) in [4.78, 5) is 51.8. The fourth-order valence-electron chi connectivity index (χ4n) is 6.73. The van der Waals surface area contributed by atoms with Crippen LogP contribution in [0.2, 0.25) is 0 Å². The van der Waals surface area contributed by atoms with E-state index in [-0.39, 0.29) is 29.3 Å². The van der Waals surface area contributed by atoms with Gasteiger partial charge in [-0.3, -0.25) is 14.4 Å². The van der Waals surface area contributed by atoms with Crippen LogP contribution in [-0.2, 0) is 19.2 Å². The van der Waals surface area contributed by atoms with Crippen molar-refractivity contribution in [2.24, 2.45) is 40.9 Å². The monoisotopic (exact) mass is 445 g/mol. The molecule has 0 aromatic heterocycles. The van der Waals surface area contributed by atoms with E-state index in [1.54, 1.807) is 6.08 Å². The zero-order valence-corrected chi connectivity index (χ0v) is 19.6. The van der Waals surface area contributed by atoms with Gasteiger partial charge in [-0.25, -0.2) is 4.79 Å². The van der Waals surface area contributed by atoms with Gasteiger partial charge in [0.2, 0.25) is 5.91 Å². The van der Waals surface area contributed by atoms with Crippen LogP contribution in [0.15, 0.2) is 23.8 Å². The number of nitrogens with zero attached hydrogens (tertiary/aromatic N) is 1. The minimum atomic E-state index is -1.43. The maximum absolute atomic E-state index is 14.0. The van der Waals surface area contributed by atoms with E-state index in [1.807, 2.05) is 13.8 Å². The molecular weight excluding hydrogens is 410 g/mol. The molecule has 8 atom stereocenters. The molecule has 7 heteroatoms. The van der Waals surface area contributed by atoms with Gasteiger partial charge in [0, 0.05) is 18.4 Å². The van der Waals surface area contributed by atoms with Gasteiger partial charge >= 0.3 is 5.97 Å². The molecule has 3 aliphatic carbocycles. The average Bonchev–Trinajstić information content (AvgIpc) is 2.93. The predicted molar refractivity (Wildman–Crippen MR) is 118 cm³/mol. The Morgan fingerprint density at radius 1 is 1.31 bits per heavy atom. The van der Waals surface area contributed by atoms with Crippen molar-refractivity contribution in [3.05, 3.63) is 23.8 Å². The van der Waals surface area contributed by atoms with Gasteiger partial charge in [0.15, 0.2) is 17.6 Å². The van der Waals surface area contributed by atoms with Gasteiger partial charge in [0.25, 0.3) is 0 Å². The molecule has 2 N–H and O–H groups in total. The van der Waals surface area contributed by atoms with Crippen molar-refractivity contribution in [1.82, 2.24) is 4.90 Å². The SMILES string of the molecule is CC(=O)/C=C/[C@H]1[C@H](C(=O)N(C)[C@H](CO)C(=O)O)C(=O)[C@@]2(C)[C@@H]1C(C)=C[C@H]1C[C@@H](C)CC[C@@H]12. The molecular formula is C25H35NO6. The number of carboxylic acids is 1. The Bertz CT molecular complexity index is 876. The number of carbonyl (C=O) groups excluding carboxylic acids is 3. The summed E-state index contributed by atoms with van der Waals surface area (Å²) < 4.78 is 0. The number of likely N-dealkylation sites (N-methyl/N-ethyl adjacent to an activating group) is 1. The Kier molecular flexibility index (Phi) is 6.80. The molecule has 0 spiro atoms. The Labute approximate surface area is 189 Å². The third-order valence-corrected chi connectivity index (χ3v) is 8.22. The third-order valence-electron chi connectivity index (χ3n) is 8.22. The second-order valence-electron chi connectivity index (χ2n) is 10.2. The largest absolute Gasteiger partial charge is 0.480 e. The molecule has 0 unspecified atom stereocenters. The van der Waals surface area contributed by atoms with Crippen molar-refractivity contribution >= 4 is 23.4 Å². The van der Waals surface area contributed by atoms with Crippen molar-refractivity contribution in [3.8, 4) is 0 Å². The van der Waals surface area contributed by atoms with E-state index in [9.17, 15) is 29.4 Å². The number of ketones is 2. The lowest BCUT2D eigenvalue weighted by molar-refractivity contribution is -0.155. The maximum atomic E-state index is 14.0. The highest BCUT2D eigenvalue weighted by atomic mass is 16.4. The zero-order valence-electron chi connectivity index (χ0n) is 19.6. The number of fused-ring (bicyclic) bond motifs is 3. The highest BCUT2D eigenvalue weighted by Crippen LogP contribution is 2.62. The second-order valence-corrected chi connectivity index (χ2v) is 10.2. The average molecular weight is 446 g/mol. The van der Waals surface area contributed by atoms with Crippen LogP contribution in [0, 0.1) is 40.9 Å². The Balaban J connectivity index is 2.09. The van der Waals surface area contributed by atoms with E-state index >= 15 is 0 Å². The van der Waals surface area contributed by atoms with Crippen LogP contribution < -0.4 is 0 Å². The lowest BCUT2D eigenvalue weighted by Gasteiger charge is -2.50. The number of amides is 1. The number of allylic oxidation sites excluding steroid dienone is 4. The molecule has 0 aromatic rings. The molecule has 7 nitrogen and oxygen atoms in total. The molecule has 1 amide bonds. The van der Waals surface area contributed by atoms with Gasteiger partial charge in [-0.2, -0.15) is 0 Å². The van der Waals surface area contributed by atoms with Gasteiger partial charge < -0.3 is 15.1 Å². The van der Waals surface area contributed by atoms with Crippen molar-refractivity contribution in [1.29, 1.82) is 0 Å². The molecule has 2 saturated carbocycles. The first-order valence-electron chi connectivity index (χ1n) is 11.5. The van der Waals surface area contributed by atoms with Gasteiger partial charge in [0.05, 0.1) is 6.61 Å². The summed E-state index contributed by atoms with van der Waals surface area (Å²) in [7, 11) is 1.31. The van der Waals surface area contributed by atoms with Crippen LogP contribution in [0.1, 0.15) is 47.0 Å². The molecule has 176 valence electrons. The first kappa shape index (κ1) is 24.4. The first-order valence-corrected chi connectivity index (χ1v) is 11.5. The van der Waals surface area contributed by atoms with E-state index in [2.05, 4.69) is 13.0 Å². The molecule has 3 aliphatic rings. The minimum Gasteiger partial charge on any atom is -0.480 e. The Morgan fingerprint density at radius 3 is 2.53 bits per heavy atom. The highest BCUT2D eigenvalue weighted by Gasteiger charge is 2.65. The number of aliphatic carboxylic acids is 1. The fourth-order valence-corrected chi connectivity index (χ4v) is 6.73. The summed E-state index contributed by atoms with van der Waals surface area (Å²) in [5, 5.41) is 18.9. The van der Waals surface area contributed by atoms with Gasteiger partial charge in [-0.1, -0.05) is 38.0 Å². The molecule has 0 aliphatic heterocycles. The zero-order chi connectivity index (χ0) is 24.0. The molecule has 0 radical (unpaired) electrons. The third kappa shape index (κ3) is 3.85. The number of carbonyl (C=O) groups is 4. The molecule has 0 bridgehead atoms. The smallest absolute Gasteiger partial charge is 0.328 e. The number of aliphatic hydroxyl groups excluding tert-OH is 1. The lowest BCUT2D eigenvalue weighted by atomic mass is 9.53. The van der Waals surface area contributed by atoms with E-state index < -0.39 is 41.8 Å². The molecule has 0 aromatic carbocycles. The topological polar surface area (TPSA) is 112 Å². The van der Waals surface area contributed by atoms with E-state index in [4.69, 9.17) is 0 Å². The highest BCUT2D eigenvalue weighted by molar-refractivity contribution is 6.08. The molecule has 0 heterocycles. The number of rotatable bonds is 6. The van der Waals surface area contributed by atoms with Gasteiger partial charge in [-0.05, 0) is 56.4 Å². The Hall–Kier alpha value is -2.28. The number of aliphatic hydroxyl groups is 1. The number of hydrogen-bond acceptors (Lipinski definition) is 5. The van der Waals surface area contributed by atoms with Crippen LogP contribution >= 0.6 is 0 Å². The van der Waals surface area contributed by atoms with Crippen molar-refractivity contribution in [2.45, 2.75) is 53.0 Å². The van der Waals surface area contributed by atoms with E-state index in [0.717, 1.165) is 29.7 Å². The standard InChI is InChI=1S/C25H35NO6/c1-13-6-9-18-16(10-13)11-14(2)21-17(8-7-15(3)28)20(22(29)25(18,21)4)23(30)26(5)19(12-27)24(31)32/h7-8,11,13,16-21,27H,6,9-10,12H2,1-5H3,(H,31,32)/b8-7+/t13-,16+,17-,18-,19+,20-,21+,25+/m0/s1. The van der Waals surface area contributed by atoms with Crippen LogP contribution in [0.4, 0.5) is 0 Å². The predicted octanol–water partition coefficient (Wildman–Crippen LogP) is 2.49. The molecule has 2 fully saturated rings. The molecule has 0 saturated heterocycles. The van der Waals surface area contributed by atoms with Crippen LogP contribution in [-0.4, -0.2) is 58.3 Å². The molecule has 32 heavy (non-hydrogen) atoms. The molecule has 3 rings (SSSR count). The number of carboxylic acid groups (broad SMARTS) is 1. The summed E-state index contributed by atoms with van der Waals surface area (Å²) in [6, 6.07) is -1.43. The summed E-state index contributed by atoms with van der Waals surface area (Å²) in [5.41, 5.74) is 0.304. The van der Waals surface area contributed by atoms with Crippen LogP contribution in [0.25, 0.3) is 0 Å². The summed E-state index contributed by atoms with van der Waals surface area (Å²) in [5.74, 6) is -3.15. The first-order chi connectivity index (χ1) is 14.9. The van der Waals surface area contributed by atoms with Crippen LogP contribution in [0.5, 0.6) is 0 Å². The summed E-state index contributed by atoms with van der Waals surface area (Å²) in [6.45, 7) is 6.88.